The molecule has 102 valence electrons. The van der Waals surface area contributed by atoms with Gasteiger partial charge >= 0.3 is 0 Å². The summed E-state index contributed by atoms with van der Waals surface area (Å²) in [6.45, 7) is 2.78. The molecule has 0 unspecified atom stereocenters. The summed E-state index contributed by atoms with van der Waals surface area (Å²) in [6, 6.07) is 3.93. The number of ether oxygens (including phenoxy) is 1. The summed E-state index contributed by atoms with van der Waals surface area (Å²) < 4.78 is 9.07. The Balaban J connectivity index is 2.17. The molecule has 1 aromatic carbocycles. The minimum Gasteiger partial charge on any atom is -0.495 e. The second-order valence-electron chi connectivity index (χ2n) is 4.20. The van der Waals surface area contributed by atoms with E-state index >= 15 is 0 Å². The highest BCUT2D eigenvalue weighted by molar-refractivity contribution is 9.11. The first kappa shape index (κ1) is 14.4. The number of nitrogens with zero attached hydrogens (tertiary/aromatic N) is 2. The van der Waals surface area contributed by atoms with Gasteiger partial charge in [0.25, 0.3) is 0 Å². The molecule has 1 aromatic heterocycles. The fraction of sp³-hybridized carbons (Fsp3) is 0.308. The van der Waals surface area contributed by atoms with Crippen LogP contribution < -0.4 is 10.1 Å². The van der Waals surface area contributed by atoms with Crippen LogP contribution in [0.2, 0.25) is 0 Å². The maximum Gasteiger partial charge on any atom is 0.135 e. The minimum atomic E-state index is 0.725. The monoisotopic (exact) mass is 387 g/mol. The van der Waals surface area contributed by atoms with Gasteiger partial charge in [-0.2, -0.15) is 5.10 Å². The van der Waals surface area contributed by atoms with Gasteiger partial charge in [-0.3, -0.25) is 4.68 Å². The number of benzene rings is 1. The van der Waals surface area contributed by atoms with Crippen LogP contribution in [0.1, 0.15) is 11.3 Å². The quantitative estimate of drug-likeness (QED) is 0.863. The summed E-state index contributed by atoms with van der Waals surface area (Å²) in [6.07, 6.45) is 1.88. The number of methoxy groups -OCH3 is 1. The Morgan fingerprint density at radius 2 is 2.05 bits per heavy atom. The first-order valence-corrected chi connectivity index (χ1v) is 7.36. The normalized spacial score (nSPS) is 10.6. The van der Waals surface area contributed by atoms with Crippen molar-refractivity contribution in [2.75, 3.05) is 12.4 Å². The molecule has 2 aromatic rings. The largest absolute Gasteiger partial charge is 0.495 e. The maximum absolute atomic E-state index is 5.30. The lowest BCUT2D eigenvalue weighted by atomic mass is 10.2. The van der Waals surface area contributed by atoms with E-state index in [-0.39, 0.29) is 0 Å². The van der Waals surface area contributed by atoms with E-state index in [1.54, 1.807) is 7.11 Å². The van der Waals surface area contributed by atoms with E-state index in [1.165, 1.54) is 5.56 Å². The number of aromatic nitrogens is 2. The van der Waals surface area contributed by atoms with Crippen LogP contribution in [0.25, 0.3) is 0 Å². The second kappa shape index (κ2) is 5.96. The van der Waals surface area contributed by atoms with Crippen molar-refractivity contribution < 1.29 is 4.74 Å². The van der Waals surface area contributed by atoms with Crippen molar-refractivity contribution in [3.63, 3.8) is 0 Å². The van der Waals surface area contributed by atoms with Crippen molar-refractivity contribution >= 4 is 37.5 Å². The molecule has 0 spiro atoms. The Kier molecular flexibility index (Phi) is 4.52. The van der Waals surface area contributed by atoms with Gasteiger partial charge in [-0.1, -0.05) is 0 Å². The number of aryl methyl sites for hydroxylation is 1. The van der Waals surface area contributed by atoms with Crippen LogP contribution >= 0.6 is 31.9 Å². The molecule has 4 nitrogen and oxygen atoms in total. The standard InChI is InChI=1S/C13H15Br2N3O/c1-8-9(7-17-18(8)2)6-16-12-5-13(19-3)11(15)4-10(12)14/h4-5,7,16H,6H2,1-3H3. The average Bonchev–Trinajstić information content (AvgIpc) is 2.69. The molecule has 2 rings (SSSR count). The molecule has 0 aliphatic heterocycles. The van der Waals surface area contributed by atoms with Gasteiger partial charge in [0.05, 0.1) is 23.5 Å². The molecule has 6 heteroatoms. The molecule has 0 aliphatic carbocycles. The van der Waals surface area contributed by atoms with Crippen molar-refractivity contribution in [3.8, 4) is 5.75 Å². The molecular weight excluding hydrogens is 374 g/mol. The van der Waals surface area contributed by atoms with Crippen molar-refractivity contribution in [3.05, 3.63) is 38.5 Å². The lowest BCUT2D eigenvalue weighted by Gasteiger charge is -2.11. The molecule has 0 radical (unpaired) electrons. The number of halogens is 2. The van der Waals surface area contributed by atoms with E-state index in [0.29, 0.717) is 0 Å². The molecule has 0 bridgehead atoms. The van der Waals surface area contributed by atoms with Crippen molar-refractivity contribution in [2.45, 2.75) is 13.5 Å². The van der Waals surface area contributed by atoms with Gasteiger partial charge in [-0.25, -0.2) is 0 Å². The van der Waals surface area contributed by atoms with E-state index in [2.05, 4.69) is 49.2 Å². The second-order valence-corrected chi connectivity index (χ2v) is 5.91. The van der Waals surface area contributed by atoms with Crippen LogP contribution in [0.5, 0.6) is 5.75 Å². The van der Waals surface area contributed by atoms with Crippen LogP contribution in [-0.4, -0.2) is 16.9 Å². The van der Waals surface area contributed by atoms with Crippen molar-refractivity contribution in [1.29, 1.82) is 0 Å². The molecule has 0 fully saturated rings. The number of hydrogen-bond acceptors (Lipinski definition) is 3. The summed E-state index contributed by atoms with van der Waals surface area (Å²) >= 11 is 7.00. The predicted octanol–water partition coefficient (Wildman–Crippen LogP) is 3.87. The van der Waals surface area contributed by atoms with Crippen LogP contribution in [0, 0.1) is 6.92 Å². The highest BCUT2D eigenvalue weighted by Crippen LogP contribution is 2.34. The molecule has 19 heavy (non-hydrogen) atoms. The van der Waals surface area contributed by atoms with Gasteiger partial charge < -0.3 is 10.1 Å². The summed E-state index contributed by atoms with van der Waals surface area (Å²) in [5.74, 6) is 0.800. The number of nitrogens with one attached hydrogen (secondary N) is 1. The summed E-state index contributed by atoms with van der Waals surface area (Å²) in [5.41, 5.74) is 3.33. The highest BCUT2D eigenvalue weighted by Gasteiger charge is 2.08. The molecule has 0 atom stereocenters. The zero-order chi connectivity index (χ0) is 14.0. The lowest BCUT2D eigenvalue weighted by Crippen LogP contribution is -2.02. The third-order valence-corrected chi connectivity index (χ3v) is 4.32. The van der Waals surface area contributed by atoms with Gasteiger partial charge in [0.1, 0.15) is 5.75 Å². The topological polar surface area (TPSA) is 39.1 Å². The fourth-order valence-corrected chi connectivity index (χ4v) is 3.03. The molecule has 0 amide bonds. The SMILES string of the molecule is COc1cc(NCc2cnn(C)c2C)c(Br)cc1Br. The van der Waals surface area contributed by atoms with Crippen LogP contribution in [0.15, 0.2) is 27.3 Å². The molecular formula is C13H15Br2N3O. The fourth-order valence-electron chi connectivity index (χ4n) is 1.73. The highest BCUT2D eigenvalue weighted by atomic mass is 79.9. The maximum atomic E-state index is 5.30. The van der Waals surface area contributed by atoms with Gasteiger partial charge in [-0.05, 0) is 44.8 Å². The number of anilines is 1. The van der Waals surface area contributed by atoms with E-state index in [0.717, 1.165) is 32.6 Å². The Bertz CT molecular complexity index is 596. The zero-order valence-corrected chi connectivity index (χ0v) is 14.2. The van der Waals surface area contributed by atoms with Gasteiger partial charge in [-0.15, -0.1) is 0 Å². The van der Waals surface area contributed by atoms with Crippen LogP contribution in [0.3, 0.4) is 0 Å². The molecule has 0 saturated heterocycles. The Morgan fingerprint density at radius 3 is 2.63 bits per heavy atom. The third-order valence-electron chi connectivity index (χ3n) is 3.05. The minimum absolute atomic E-state index is 0.725. The van der Waals surface area contributed by atoms with E-state index in [1.807, 2.05) is 30.1 Å². The van der Waals surface area contributed by atoms with Gasteiger partial charge in [0.2, 0.25) is 0 Å². The van der Waals surface area contributed by atoms with Crippen molar-refractivity contribution in [1.82, 2.24) is 9.78 Å². The molecule has 0 saturated carbocycles. The Morgan fingerprint density at radius 1 is 1.32 bits per heavy atom. The first-order valence-electron chi connectivity index (χ1n) is 5.77. The predicted molar refractivity (Wildman–Crippen MR) is 83.7 cm³/mol. The number of hydrogen-bond donors (Lipinski definition) is 1. The van der Waals surface area contributed by atoms with E-state index < -0.39 is 0 Å². The van der Waals surface area contributed by atoms with Crippen LogP contribution in [-0.2, 0) is 13.6 Å². The zero-order valence-electron chi connectivity index (χ0n) is 11.0. The third kappa shape index (κ3) is 3.12. The molecule has 1 N–H and O–H groups in total. The van der Waals surface area contributed by atoms with E-state index in [4.69, 9.17) is 4.74 Å². The Labute approximate surface area is 129 Å². The first-order chi connectivity index (χ1) is 9.02. The van der Waals surface area contributed by atoms with E-state index in [9.17, 15) is 0 Å². The lowest BCUT2D eigenvalue weighted by molar-refractivity contribution is 0.412. The number of rotatable bonds is 4. The smallest absolute Gasteiger partial charge is 0.135 e. The Hall–Kier alpha value is -1.01. The van der Waals surface area contributed by atoms with Gasteiger partial charge in [0, 0.05) is 35.4 Å². The average molecular weight is 389 g/mol. The molecule has 0 aliphatic rings. The summed E-state index contributed by atoms with van der Waals surface area (Å²) in [4.78, 5) is 0. The summed E-state index contributed by atoms with van der Waals surface area (Å²) in [5, 5.41) is 7.62. The van der Waals surface area contributed by atoms with Crippen LogP contribution in [0.4, 0.5) is 5.69 Å². The summed E-state index contributed by atoms with van der Waals surface area (Å²) in [7, 11) is 3.60. The molecule has 1 heterocycles. The van der Waals surface area contributed by atoms with Crippen molar-refractivity contribution in [2.24, 2.45) is 7.05 Å². The van der Waals surface area contributed by atoms with Gasteiger partial charge in [0.15, 0.2) is 0 Å².